The Morgan fingerprint density at radius 3 is 2.24 bits per heavy atom. The zero-order chi connectivity index (χ0) is 17.6. The van der Waals surface area contributed by atoms with E-state index in [2.05, 4.69) is 0 Å². The van der Waals surface area contributed by atoms with Gasteiger partial charge in [-0.25, -0.2) is 4.79 Å². The predicted octanol–water partition coefficient (Wildman–Crippen LogP) is 4.42. The summed E-state index contributed by atoms with van der Waals surface area (Å²) in [5.74, 6) is 0.555. The van der Waals surface area contributed by atoms with Gasteiger partial charge in [-0.2, -0.15) is 0 Å². The molecule has 0 aromatic heterocycles. The third-order valence-corrected chi connectivity index (χ3v) is 3.81. The Hall–Kier alpha value is -3.14. The molecule has 0 saturated heterocycles. The summed E-state index contributed by atoms with van der Waals surface area (Å²) in [6.07, 6.45) is 0.443. The molecule has 3 aromatic rings. The number of carbonyl (C=O) groups is 2. The van der Waals surface area contributed by atoms with E-state index in [0.717, 1.165) is 10.8 Å². The summed E-state index contributed by atoms with van der Waals surface area (Å²) in [5.41, 5.74) is 0.606. The fraction of sp³-hybridized carbons (Fsp3) is 0.143. The van der Waals surface area contributed by atoms with Gasteiger partial charge in [-0.1, -0.05) is 37.3 Å². The second kappa shape index (κ2) is 7.62. The van der Waals surface area contributed by atoms with Crippen LogP contribution in [0.25, 0.3) is 10.8 Å². The van der Waals surface area contributed by atoms with E-state index in [4.69, 9.17) is 9.47 Å². The largest absolute Gasteiger partial charge is 0.482 e. The van der Waals surface area contributed by atoms with Crippen LogP contribution in [0, 0.1) is 0 Å². The van der Waals surface area contributed by atoms with Gasteiger partial charge in [0.1, 0.15) is 11.5 Å². The van der Waals surface area contributed by atoms with Crippen molar-refractivity contribution >= 4 is 22.5 Å². The van der Waals surface area contributed by atoms with Gasteiger partial charge < -0.3 is 9.47 Å². The summed E-state index contributed by atoms with van der Waals surface area (Å²) < 4.78 is 10.7. The topological polar surface area (TPSA) is 52.6 Å². The van der Waals surface area contributed by atoms with Crippen LogP contribution in [0.5, 0.6) is 11.5 Å². The van der Waals surface area contributed by atoms with Crippen LogP contribution in [0.2, 0.25) is 0 Å². The first-order valence-corrected chi connectivity index (χ1v) is 8.11. The van der Waals surface area contributed by atoms with E-state index >= 15 is 0 Å². The van der Waals surface area contributed by atoms with Gasteiger partial charge in [0, 0.05) is 12.0 Å². The standard InChI is InChI=1S/C21H18O4/c1-2-20(22)16-8-10-18(11-9-16)25-21(23)14-24-19-12-7-15-5-3-4-6-17(15)13-19/h3-13H,2,14H2,1H3. The lowest BCUT2D eigenvalue weighted by Crippen LogP contribution is -2.17. The number of rotatable bonds is 6. The number of Topliss-reactive ketones (excluding diaryl/α,β-unsaturated/α-hetero) is 1. The summed E-state index contributed by atoms with van der Waals surface area (Å²) in [7, 11) is 0. The second-order valence-electron chi connectivity index (χ2n) is 5.57. The van der Waals surface area contributed by atoms with Gasteiger partial charge in [-0.15, -0.1) is 0 Å². The number of hydrogen-bond acceptors (Lipinski definition) is 4. The van der Waals surface area contributed by atoms with E-state index in [0.29, 0.717) is 23.5 Å². The molecule has 0 atom stereocenters. The number of benzene rings is 3. The Balaban J connectivity index is 1.57. The van der Waals surface area contributed by atoms with Crippen molar-refractivity contribution in [3.63, 3.8) is 0 Å². The summed E-state index contributed by atoms with van der Waals surface area (Å²) >= 11 is 0. The maximum atomic E-state index is 11.9. The Morgan fingerprint density at radius 1 is 0.840 bits per heavy atom. The highest BCUT2D eigenvalue weighted by Crippen LogP contribution is 2.20. The first-order chi connectivity index (χ1) is 12.2. The lowest BCUT2D eigenvalue weighted by atomic mass is 10.1. The lowest BCUT2D eigenvalue weighted by Gasteiger charge is -2.08. The zero-order valence-corrected chi connectivity index (χ0v) is 13.9. The van der Waals surface area contributed by atoms with Crippen LogP contribution in [-0.2, 0) is 4.79 Å². The molecular weight excluding hydrogens is 316 g/mol. The lowest BCUT2D eigenvalue weighted by molar-refractivity contribution is -0.136. The van der Waals surface area contributed by atoms with Crippen LogP contribution >= 0.6 is 0 Å². The van der Waals surface area contributed by atoms with Crippen molar-refractivity contribution in [2.45, 2.75) is 13.3 Å². The van der Waals surface area contributed by atoms with E-state index in [-0.39, 0.29) is 12.4 Å². The molecule has 0 saturated carbocycles. The normalized spacial score (nSPS) is 10.4. The first-order valence-electron chi connectivity index (χ1n) is 8.11. The number of ether oxygens (including phenoxy) is 2. The maximum Gasteiger partial charge on any atom is 0.349 e. The van der Waals surface area contributed by atoms with Gasteiger partial charge in [0.15, 0.2) is 12.4 Å². The fourth-order valence-electron chi connectivity index (χ4n) is 2.47. The van der Waals surface area contributed by atoms with E-state index in [1.54, 1.807) is 31.2 Å². The van der Waals surface area contributed by atoms with Gasteiger partial charge >= 0.3 is 5.97 Å². The average Bonchev–Trinajstić information content (AvgIpc) is 2.66. The smallest absolute Gasteiger partial charge is 0.349 e. The minimum atomic E-state index is -0.497. The summed E-state index contributed by atoms with van der Waals surface area (Å²) in [5, 5.41) is 2.16. The van der Waals surface area contributed by atoms with Crippen molar-refractivity contribution in [3.8, 4) is 11.5 Å². The number of carbonyl (C=O) groups excluding carboxylic acids is 2. The van der Waals surface area contributed by atoms with Gasteiger partial charge in [-0.3, -0.25) is 4.79 Å². The second-order valence-corrected chi connectivity index (χ2v) is 5.57. The molecule has 0 amide bonds. The molecule has 0 aliphatic heterocycles. The van der Waals surface area contributed by atoms with E-state index in [9.17, 15) is 9.59 Å². The van der Waals surface area contributed by atoms with Crippen LogP contribution in [0.1, 0.15) is 23.7 Å². The third kappa shape index (κ3) is 4.23. The predicted molar refractivity (Wildman–Crippen MR) is 96.1 cm³/mol. The Bertz CT molecular complexity index is 897. The van der Waals surface area contributed by atoms with Crippen molar-refractivity contribution in [2.75, 3.05) is 6.61 Å². The molecule has 0 bridgehead atoms. The van der Waals surface area contributed by atoms with Gasteiger partial charge in [0.2, 0.25) is 0 Å². The van der Waals surface area contributed by atoms with E-state index < -0.39 is 5.97 Å². The SMILES string of the molecule is CCC(=O)c1ccc(OC(=O)COc2ccc3ccccc3c2)cc1. The fourth-order valence-corrected chi connectivity index (χ4v) is 2.47. The van der Waals surface area contributed by atoms with E-state index in [1.807, 2.05) is 42.5 Å². The molecule has 4 nitrogen and oxygen atoms in total. The molecule has 0 aliphatic carbocycles. The Morgan fingerprint density at radius 2 is 1.52 bits per heavy atom. The number of hydrogen-bond donors (Lipinski definition) is 0. The average molecular weight is 334 g/mol. The number of fused-ring (bicyclic) bond motifs is 1. The monoisotopic (exact) mass is 334 g/mol. The van der Waals surface area contributed by atoms with Crippen molar-refractivity contribution in [3.05, 3.63) is 72.3 Å². The maximum absolute atomic E-state index is 11.9. The molecular formula is C21H18O4. The molecule has 0 heterocycles. The minimum Gasteiger partial charge on any atom is -0.482 e. The van der Waals surface area contributed by atoms with Crippen LogP contribution in [0.4, 0.5) is 0 Å². The van der Waals surface area contributed by atoms with Crippen LogP contribution in [-0.4, -0.2) is 18.4 Å². The first kappa shape index (κ1) is 16.7. The van der Waals surface area contributed by atoms with Crippen molar-refractivity contribution in [1.29, 1.82) is 0 Å². The molecule has 0 fully saturated rings. The molecule has 0 N–H and O–H groups in total. The van der Waals surface area contributed by atoms with Crippen molar-refractivity contribution < 1.29 is 19.1 Å². The van der Waals surface area contributed by atoms with Crippen LogP contribution < -0.4 is 9.47 Å². The number of ketones is 1. The van der Waals surface area contributed by atoms with Crippen molar-refractivity contribution in [1.82, 2.24) is 0 Å². The Kier molecular flexibility index (Phi) is 5.09. The number of esters is 1. The molecule has 126 valence electrons. The van der Waals surface area contributed by atoms with E-state index in [1.165, 1.54) is 0 Å². The third-order valence-electron chi connectivity index (χ3n) is 3.81. The highest BCUT2D eigenvalue weighted by Gasteiger charge is 2.08. The van der Waals surface area contributed by atoms with Crippen molar-refractivity contribution in [2.24, 2.45) is 0 Å². The zero-order valence-electron chi connectivity index (χ0n) is 13.9. The molecule has 3 rings (SSSR count). The van der Waals surface area contributed by atoms with Gasteiger partial charge in [0.05, 0.1) is 0 Å². The summed E-state index contributed by atoms with van der Waals surface area (Å²) in [6.45, 7) is 1.62. The molecule has 0 unspecified atom stereocenters. The van der Waals surface area contributed by atoms with Crippen LogP contribution in [0.15, 0.2) is 66.7 Å². The summed E-state index contributed by atoms with van der Waals surface area (Å²) in [6, 6.07) is 20.1. The Labute approximate surface area is 146 Å². The van der Waals surface area contributed by atoms with Crippen LogP contribution in [0.3, 0.4) is 0 Å². The molecule has 0 radical (unpaired) electrons. The quantitative estimate of drug-likeness (QED) is 0.380. The van der Waals surface area contributed by atoms with Gasteiger partial charge in [0.25, 0.3) is 0 Å². The van der Waals surface area contributed by atoms with Gasteiger partial charge in [-0.05, 0) is 47.2 Å². The molecule has 0 aliphatic rings. The minimum absolute atomic E-state index is 0.0533. The highest BCUT2D eigenvalue weighted by atomic mass is 16.6. The molecule has 25 heavy (non-hydrogen) atoms. The molecule has 3 aromatic carbocycles. The highest BCUT2D eigenvalue weighted by molar-refractivity contribution is 5.96. The summed E-state index contributed by atoms with van der Waals surface area (Å²) in [4.78, 5) is 23.5. The molecule has 0 spiro atoms. The molecule has 4 heteroatoms.